The van der Waals surface area contributed by atoms with Crippen molar-refractivity contribution in [3.05, 3.63) is 18.2 Å². The number of hydrogen-bond acceptors (Lipinski definition) is 5. The van der Waals surface area contributed by atoms with Crippen molar-refractivity contribution >= 4 is 17.5 Å². The fraction of sp³-hybridized carbons (Fsp3) is 0.500. The summed E-state index contributed by atoms with van der Waals surface area (Å²) in [7, 11) is 0. The van der Waals surface area contributed by atoms with Crippen LogP contribution in [0.15, 0.2) is 18.2 Å². The molecule has 18 heavy (non-hydrogen) atoms. The Bertz CT molecular complexity index is 394. The minimum Gasteiger partial charge on any atom is -0.352 e. The number of nitrogens with zero attached hydrogens (tertiary/aromatic N) is 2. The van der Waals surface area contributed by atoms with Crippen LogP contribution in [0, 0.1) is 0 Å². The van der Waals surface area contributed by atoms with Gasteiger partial charge in [-0.1, -0.05) is 6.07 Å². The van der Waals surface area contributed by atoms with Gasteiger partial charge in [0.1, 0.15) is 11.6 Å². The number of aromatic nitrogens is 1. The summed E-state index contributed by atoms with van der Waals surface area (Å²) in [6.45, 7) is 6.84. The zero-order valence-corrected chi connectivity index (χ0v) is 11.1. The lowest BCUT2D eigenvalue weighted by Crippen LogP contribution is -2.40. The Kier molecular flexibility index (Phi) is 5.38. The molecule has 0 saturated carbocycles. The van der Waals surface area contributed by atoms with Crippen LogP contribution in [-0.2, 0) is 4.79 Å². The molecule has 1 aromatic heterocycles. The van der Waals surface area contributed by atoms with Crippen molar-refractivity contribution in [3.63, 3.8) is 0 Å². The average Bonchev–Trinajstić information content (AvgIpc) is 2.35. The van der Waals surface area contributed by atoms with Crippen molar-refractivity contribution in [1.82, 2.24) is 10.3 Å². The molecule has 0 unspecified atom stereocenters. The predicted octanol–water partition coefficient (Wildman–Crippen LogP) is 0.718. The van der Waals surface area contributed by atoms with Gasteiger partial charge in [-0.25, -0.2) is 10.8 Å². The number of nitrogens with one attached hydrogen (secondary N) is 2. The lowest BCUT2D eigenvalue weighted by molar-refractivity contribution is -0.120. The number of likely N-dealkylation sites (N-methyl/N-ethyl adjacent to an activating group) is 1. The summed E-state index contributed by atoms with van der Waals surface area (Å²) >= 11 is 0. The Morgan fingerprint density at radius 1 is 1.50 bits per heavy atom. The van der Waals surface area contributed by atoms with E-state index in [0.717, 1.165) is 5.82 Å². The molecule has 1 amide bonds. The van der Waals surface area contributed by atoms with Gasteiger partial charge < -0.3 is 15.6 Å². The molecule has 1 rings (SSSR count). The molecule has 1 aromatic rings. The molecule has 0 radical (unpaired) electrons. The van der Waals surface area contributed by atoms with E-state index in [0.29, 0.717) is 12.4 Å². The molecule has 0 aromatic carbocycles. The Hall–Kier alpha value is -1.82. The molecule has 0 atom stereocenters. The number of pyridine rings is 1. The van der Waals surface area contributed by atoms with Crippen LogP contribution in [0.2, 0.25) is 0 Å². The van der Waals surface area contributed by atoms with Crippen LogP contribution in [0.25, 0.3) is 0 Å². The summed E-state index contributed by atoms with van der Waals surface area (Å²) < 4.78 is 0. The molecule has 1 heterocycles. The van der Waals surface area contributed by atoms with Crippen LogP contribution in [0.3, 0.4) is 0 Å². The zero-order chi connectivity index (χ0) is 13.5. The molecule has 0 aliphatic rings. The van der Waals surface area contributed by atoms with E-state index in [2.05, 4.69) is 15.7 Å². The molecule has 6 heteroatoms. The van der Waals surface area contributed by atoms with Gasteiger partial charge in [0.2, 0.25) is 5.91 Å². The van der Waals surface area contributed by atoms with Crippen molar-refractivity contribution in [2.75, 3.05) is 23.4 Å². The Morgan fingerprint density at radius 2 is 2.22 bits per heavy atom. The van der Waals surface area contributed by atoms with Crippen molar-refractivity contribution in [2.45, 2.75) is 26.8 Å². The summed E-state index contributed by atoms with van der Waals surface area (Å²) in [6.07, 6.45) is 0. The first-order chi connectivity index (χ1) is 8.56. The highest BCUT2D eigenvalue weighted by atomic mass is 16.2. The SMILES string of the molecule is CCN(CC(=O)NC(C)C)c1cccc(NN)n1. The summed E-state index contributed by atoms with van der Waals surface area (Å²) in [5.41, 5.74) is 2.49. The molecule has 100 valence electrons. The van der Waals surface area contributed by atoms with E-state index in [4.69, 9.17) is 5.84 Å². The van der Waals surface area contributed by atoms with Crippen LogP contribution in [-0.4, -0.2) is 30.0 Å². The monoisotopic (exact) mass is 251 g/mol. The number of rotatable bonds is 6. The maximum absolute atomic E-state index is 11.7. The number of nitrogen functional groups attached to an aromatic ring is 1. The van der Waals surface area contributed by atoms with Crippen LogP contribution >= 0.6 is 0 Å². The van der Waals surface area contributed by atoms with Gasteiger partial charge in [-0.05, 0) is 32.9 Å². The van der Waals surface area contributed by atoms with E-state index >= 15 is 0 Å². The van der Waals surface area contributed by atoms with Crippen molar-refractivity contribution in [2.24, 2.45) is 5.84 Å². The largest absolute Gasteiger partial charge is 0.352 e. The van der Waals surface area contributed by atoms with Gasteiger partial charge >= 0.3 is 0 Å². The number of carbonyl (C=O) groups excluding carboxylic acids is 1. The number of hydrogen-bond donors (Lipinski definition) is 3. The predicted molar refractivity (Wildman–Crippen MR) is 73.2 cm³/mol. The van der Waals surface area contributed by atoms with Gasteiger partial charge in [-0.3, -0.25) is 4.79 Å². The minimum atomic E-state index is -0.0141. The van der Waals surface area contributed by atoms with Gasteiger partial charge in [0.15, 0.2) is 0 Å². The van der Waals surface area contributed by atoms with E-state index in [1.165, 1.54) is 0 Å². The van der Waals surface area contributed by atoms with Gasteiger partial charge in [-0.2, -0.15) is 0 Å². The van der Waals surface area contributed by atoms with E-state index in [1.54, 1.807) is 6.07 Å². The number of nitrogens with two attached hydrogens (primary N) is 1. The fourth-order valence-electron chi connectivity index (χ4n) is 1.58. The smallest absolute Gasteiger partial charge is 0.239 e. The number of carbonyl (C=O) groups is 1. The average molecular weight is 251 g/mol. The second kappa shape index (κ2) is 6.80. The highest BCUT2D eigenvalue weighted by Crippen LogP contribution is 2.13. The third-order valence-electron chi connectivity index (χ3n) is 2.37. The van der Waals surface area contributed by atoms with E-state index in [-0.39, 0.29) is 18.5 Å². The van der Waals surface area contributed by atoms with Crippen LogP contribution in [0.5, 0.6) is 0 Å². The van der Waals surface area contributed by atoms with Crippen molar-refractivity contribution < 1.29 is 4.79 Å². The Morgan fingerprint density at radius 3 is 2.78 bits per heavy atom. The first-order valence-corrected chi connectivity index (χ1v) is 6.04. The highest BCUT2D eigenvalue weighted by molar-refractivity contribution is 5.81. The molecule has 0 bridgehead atoms. The topological polar surface area (TPSA) is 83.3 Å². The third-order valence-corrected chi connectivity index (χ3v) is 2.37. The van der Waals surface area contributed by atoms with Gasteiger partial charge in [0, 0.05) is 12.6 Å². The van der Waals surface area contributed by atoms with Gasteiger partial charge in [0.25, 0.3) is 0 Å². The summed E-state index contributed by atoms with van der Waals surface area (Å²) in [4.78, 5) is 17.9. The summed E-state index contributed by atoms with van der Waals surface area (Å²) in [5.74, 6) is 6.61. The maximum Gasteiger partial charge on any atom is 0.239 e. The van der Waals surface area contributed by atoms with E-state index in [9.17, 15) is 4.79 Å². The first kappa shape index (κ1) is 14.2. The summed E-state index contributed by atoms with van der Waals surface area (Å²) in [5, 5.41) is 2.86. The molecule has 6 nitrogen and oxygen atoms in total. The van der Waals surface area contributed by atoms with Crippen LogP contribution in [0.1, 0.15) is 20.8 Å². The second-order valence-corrected chi connectivity index (χ2v) is 4.26. The van der Waals surface area contributed by atoms with Crippen LogP contribution in [0.4, 0.5) is 11.6 Å². The molecule has 0 spiro atoms. The maximum atomic E-state index is 11.7. The molecule has 4 N–H and O–H groups in total. The first-order valence-electron chi connectivity index (χ1n) is 6.04. The van der Waals surface area contributed by atoms with E-state index in [1.807, 2.05) is 37.8 Å². The normalized spacial score (nSPS) is 10.3. The molecule has 0 saturated heterocycles. The molecule has 0 fully saturated rings. The molecule has 0 aliphatic carbocycles. The fourth-order valence-corrected chi connectivity index (χ4v) is 1.58. The van der Waals surface area contributed by atoms with Gasteiger partial charge in [-0.15, -0.1) is 0 Å². The zero-order valence-electron chi connectivity index (χ0n) is 11.1. The number of hydrazine groups is 1. The minimum absolute atomic E-state index is 0.0141. The lowest BCUT2D eigenvalue weighted by atomic mass is 10.3. The molecule has 0 aliphatic heterocycles. The lowest BCUT2D eigenvalue weighted by Gasteiger charge is -2.22. The van der Waals surface area contributed by atoms with Gasteiger partial charge in [0.05, 0.1) is 6.54 Å². The molecular formula is C12H21N5O. The number of amides is 1. The van der Waals surface area contributed by atoms with E-state index < -0.39 is 0 Å². The van der Waals surface area contributed by atoms with Crippen LogP contribution < -0.4 is 21.5 Å². The quantitative estimate of drug-likeness (QED) is 0.512. The second-order valence-electron chi connectivity index (χ2n) is 4.26. The van der Waals surface area contributed by atoms with Crippen molar-refractivity contribution in [3.8, 4) is 0 Å². The molecular weight excluding hydrogens is 230 g/mol. The highest BCUT2D eigenvalue weighted by Gasteiger charge is 2.12. The third kappa shape index (κ3) is 4.21. The Labute approximate surface area is 108 Å². The van der Waals surface area contributed by atoms with Crippen molar-refractivity contribution in [1.29, 1.82) is 0 Å². The number of anilines is 2. The summed E-state index contributed by atoms with van der Waals surface area (Å²) in [6, 6.07) is 5.61. The Balaban J connectivity index is 2.73. The standard InChI is InChI=1S/C12H21N5O/c1-4-17(8-12(18)14-9(2)3)11-7-5-6-10(15-11)16-13/h5-7,9H,4,8,13H2,1-3H3,(H,14,18)(H,15,16).